The van der Waals surface area contributed by atoms with E-state index in [1.165, 1.54) is 6.08 Å². The molecule has 0 saturated carbocycles. The predicted molar refractivity (Wildman–Crippen MR) is 50.5 cm³/mol. The van der Waals surface area contributed by atoms with E-state index in [2.05, 4.69) is 0 Å². The van der Waals surface area contributed by atoms with Crippen LogP contribution in [0.25, 0.3) is 0 Å². The Bertz CT molecular complexity index is 286. The zero-order valence-corrected chi connectivity index (χ0v) is 8.23. The molecule has 4 nitrogen and oxygen atoms in total. The summed E-state index contributed by atoms with van der Waals surface area (Å²) in [6.07, 6.45) is 1.36. The quantitative estimate of drug-likeness (QED) is 0.377. The maximum Gasteiger partial charge on any atom is 0.337 e. The van der Waals surface area contributed by atoms with Crippen LogP contribution >= 0.6 is 0 Å². The smallest absolute Gasteiger partial charge is 0.337 e. The second-order valence-electron chi connectivity index (χ2n) is 3.40. The van der Waals surface area contributed by atoms with Crippen LogP contribution in [-0.4, -0.2) is 35.0 Å². The number of cyclic esters (lactones) is 1. The van der Waals surface area contributed by atoms with Crippen LogP contribution in [0.4, 0.5) is 0 Å². The number of hydrogen-bond acceptors (Lipinski definition) is 4. The third-order valence-corrected chi connectivity index (χ3v) is 1.92. The van der Waals surface area contributed by atoms with Gasteiger partial charge in [-0.05, 0) is 26.0 Å². The van der Waals surface area contributed by atoms with Gasteiger partial charge < -0.3 is 14.9 Å². The first-order valence-electron chi connectivity index (χ1n) is 4.41. The van der Waals surface area contributed by atoms with Crippen molar-refractivity contribution in [2.24, 2.45) is 0 Å². The number of ether oxygens (including phenoxy) is 1. The largest absolute Gasteiger partial charge is 0.452 e. The highest BCUT2D eigenvalue weighted by Gasteiger charge is 2.36. The summed E-state index contributed by atoms with van der Waals surface area (Å²) in [5.74, 6) is -0.561. The van der Waals surface area contributed by atoms with E-state index in [9.17, 15) is 9.90 Å². The average Bonchev–Trinajstić information content (AvgIpc) is 2.32. The molecule has 0 radical (unpaired) electrons. The summed E-state index contributed by atoms with van der Waals surface area (Å²) in [4.78, 5) is 11.2. The lowest BCUT2D eigenvalue weighted by atomic mass is 10.1. The third kappa shape index (κ3) is 2.21. The Balaban J connectivity index is 2.84. The van der Waals surface area contributed by atoms with Gasteiger partial charge in [-0.3, -0.25) is 0 Å². The Morgan fingerprint density at radius 2 is 2.21 bits per heavy atom. The van der Waals surface area contributed by atoms with E-state index >= 15 is 0 Å². The fourth-order valence-electron chi connectivity index (χ4n) is 1.31. The van der Waals surface area contributed by atoms with Crippen molar-refractivity contribution < 1.29 is 19.7 Å². The molecule has 1 saturated heterocycles. The Morgan fingerprint density at radius 3 is 2.71 bits per heavy atom. The highest BCUT2D eigenvalue weighted by atomic mass is 16.6. The van der Waals surface area contributed by atoms with Crippen LogP contribution in [-0.2, 0) is 9.53 Å². The minimum absolute atomic E-state index is 0.134. The number of rotatable bonds is 2. The Hall–Kier alpha value is -1.13. The molecule has 78 valence electrons. The normalized spacial score (nSPS) is 29.1. The average molecular weight is 198 g/mol. The molecule has 0 aliphatic carbocycles. The van der Waals surface area contributed by atoms with Gasteiger partial charge in [0.25, 0.3) is 0 Å². The summed E-state index contributed by atoms with van der Waals surface area (Å²) in [5, 5.41) is 18.2. The van der Waals surface area contributed by atoms with E-state index in [1.807, 2.05) is 13.8 Å². The maximum absolute atomic E-state index is 11.2. The first-order chi connectivity index (χ1) is 6.56. The van der Waals surface area contributed by atoms with Crippen molar-refractivity contribution in [1.82, 2.24) is 0 Å². The zero-order chi connectivity index (χ0) is 10.7. The van der Waals surface area contributed by atoms with Crippen LogP contribution in [0.15, 0.2) is 23.3 Å². The van der Waals surface area contributed by atoms with Crippen molar-refractivity contribution in [2.75, 3.05) is 6.61 Å². The Kier molecular flexibility index (Phi) is 3.43. The number of aliphatic hydroxyl groups is 2. The fraction of sp³-hybridized carbons (Fsp3) is 0.500. The number of allylic oxidation sites excluding steroid dienone is 1. The van der Waals surface area contributed by atoms with E-state index in [-0.39, 0.29) is 12.2 Å². The summed E-state index contributed by atoms with van der Waals surface area (Å²) in [6, 6.07) is 0. The number of carbonyl (C=O) groups excluding carboxylic acids is 1. The van der Waals surface area contributed by atoms with Gasteiger partial charge in [0, 0.05) is 0 Å². The molecule has 0 aromatic heterocycles. The van der Waals surface area contributed by atoms with E-state index < -0.39 is 18.2 Å². The molecule has 0 amide bonds. The number of esters is 1. The molecule has 2 N–H and O–H groups in total. The molecule has 4 heteroatoms. The van der Waals surface area contributed by atoms with Crippen LogP contribution in [0.5, 0.6) is 0 Å². The molecule has 1 aliphatic rings. The van der Waals surface area contributed by atoms with Crippen molar-refractivity contribution >= 4 is 5.97 Å². The molecule has 2 unspecified atom stereocenters. The molecule has 1 fully saturated rings. The number of aliphatic hydroxyl groups excluding tert-OH is 2. The SMILES string of the molecule is CC(C)=CC1OC(=O)/C(=C\CO)C1O. The Labute approximate surface area is 82.5 Å². The monoisotopic (exact) mass is 198 g/mol. The molecule has 0 bridgehead atoms. The standard InChI is InChI=1S/C10H14O4/c1-6(2)5-8-9(12)7(3-4-11)10(13)14-8/h3,5,8-9,11-12H,4H2,1-2H3/b7-3-. The summed E-state index contributed by atoms with van der Waals surface area (Å²) in [6.45, 7) is 3.44. The maximum atomic E-state index is 11.2. The molecule has 0 spiro atoms. The third-order valence-electron chi connectivity index (χ3n) is 1.92. The minimum atomic E-state index is -0.968. The molecular formula is C10H14O4. The highest BCUT2D eigenvalue weighted by Crippen LogP contribution is 2.22. The van der Waals surface area contributed by atoms with Gasteiger partial charge in [-0.2, -0.15) is 0 Å². The van der Waals surface area contributed by atoms with Crippen LogP contribution in [0.1, 0.15) is 13.8 Å². The van der Waals surface area contributed by atoms with Gasteiger partial charge in [-0.25, -0.2) is 4.79 Å². The first kappa shape index (κ1) is 10.9. The molecule has 0 aromatic rings. The van der Waals surface area contributed by atoms with Crippen LogP contribution in [0, 0.1) is 0 Å². The first-order valence-corrected chi connectivity index (χ1v) is 4.41. The lowest BCUT2D eigenvalue weighted by molar-refractivity contribution is -0.137. The van der Waals surface area contributed by atoms with Gasteiger partial charge in [-0.15, -0.1) is 0 Å². The lowest BCUT2D eigenvalue weighted by Gasteiger charge is -2.07. The van der Waals surface area contributed by atoms with Gasteiger partial charge in [0.15, 0.2) is 6.10 Å². The van der Waals surface area contributed by atoms with Crippen LogP contribution in [0.3, 0.4) is 0 Å². The predicted octanol–water partition coefficient (Wildman–Crippen LogP) is 0.158. The molecule has 2 atom stereocenters. The van der Waals surface area contributed by atoms with Crippen molar-refractivity contribution in [1.29, 1.82) is 0 Å². The molecule has 0 aromatic carbocycles. The topological polar surface area (TPSA) is 66.8 Å². The molecule has 14 heavy (non-hydrogen) atoms. The van der Waals surface area contributed by atoms with Crippen molar-refractivity contribution in [3.05, 3.63) is 23.3 Å². The lowest BCUT2D eigenvalue weighted by Crippen LogP contribution is -2.19. The highest BCUT2D eigenvalue weighted by molar-refractivity contribution is 5.92. The molecule has 1 heterocycles. The molecule has 1 rings (SSSR count). The van der Waals surface area contributed by atoms with E-state index in [4.69, 9.17) is 9.84 Å². The van der Waals surface area contributed by atoms with Gasteiger partial charge in [0.05, 0.1) is 12.2 Å². The second-order valence-corrected chi connectivity index (χ2v) is 3.40. The molecule has 1 aliphatic heterocycles. The Morgan fingerprint density at radius 1 is 1.57 bits per heavy atom. The van der Waals surface area contributed by atoms with Crippen molar-refractivity contribution in [3.8, 4) is 0 Å². The summed E-state index contributed by atoms with van der Waals surface area (Å²) < 4.78 is 4.90. The van der Waals surface area contributed by atoms with E-state index in [0.717, 1.165) is 5.57 Å². The second kappa shape index (κ2) is 4.39. The molecular weight excluding hydrogens is 184 g/mol. The van der Waals surface area contributed by atoms with E-state index in [0.29, 0.717) is 0 Å². The van der Waals surface area contributed by atoms with Gasteiger partial charge in [0.2, 0.25) is 0 Å². The zero-order valence-electron chi connectivity index (χ0n) is 8.23. The summed E-state index contributed by atoms with van der Waals surface area (Å²) >= 11 is 0. The van der Waals surface area contributed by atoms with Crippen LogP contribution in [0.2, 0.25) is 0 Å². The van der Waals surface area contributed by atoms with Crippen molar-refractivity contribution in [2.45, 2.75) is 26.1 Å². The summed E-state index contributed by atoms with van der Waals surface area (Å²) in [7, 11) is 0. The number of carbonyl (C=O) groups is 1. The van der Waals surface area contributed by atoms with Crippen LogP contribution < -0.4 is 0 Å². The minimum Gasteiger partial charge on any atom is -0.452 e. The van der Waals surface area contributed by atoms with E-state index in [1.54, 1.807) is 6.08 Å². The summed E-state index contributed by atoms with van der Waals surface area (Å²) in [5.41, 5.74) is 1.10. The van der Waals surface area contributed by atoms with Crippen molar-refractivity contribution in [3.63, 3.8) is 0 Å². The number of hydrogen-bond donors (Lipinski definition) is 2. The van der Waals surface area contributed by atoms with Gasteiger partial charge in [-0.1, -0.05) is 5.57 Å². The fourth-order valence-corrected chi connectivity index (χ4v) is 1.31. The van der Waals surface area contributed by atoms with Gasteiger partial charge in [0.1, 0.15) is 6.10 Å². The van der Waals surface area contributed by atoms with Gasteiger partial charge >= 0.3 is 5.97 Å².